The maximum atomic E-state index is 11.1. The average Bonchev–Trinajstić information content (AvgIpc) is 2.34. The van der Waals surface area contributed by atoms with Gasteiger partial charge in [-0.2, -0.15) is 0 Å². The molecule has 98 valence electrons. The second-order valence-electron chi connectivity index (χ2n) is 5.55. The second kappa shape index (κ2) is 5.66. The number of likely N-dealkylation sites (tertiary alicyclic amines) is 1. The Morgan fingerprint density at radius 1 is 1.22 bits per heavy atom. The summed E-state index contributed by atoms with van der Waals surface area (Å²) in [5.74, 6) is 0. The normalized spacial score (nSPS) is 20.9. The number of rotatable bonds is 3. The molecule has 1 aromatic carbocycles. The molecule has 0 spiro atoms. The highest BCUT2D eigenvalue weighted by Crippen LogP contribution is 2.23. The third-order valence-corrected chi connectivity index (χ3v) is 4.02. The van der Waals surface area contributed by atoms with Crippen LogP contribution in [0.1, 0.15) is 41.5 Å². The molecule has 2 nitrogen and oxygen atoms in total. The molecule has 1 atom stereocenters. The zero-order chi connectivity index (χ0) is 13.1. The Kier molecular flexibility index (Phi) is 4.18. The molecule has 2 rings (SSSR count). The molecule has 0 saturated carbocycles. The van der Waals surface area contributed by atoms with Crippen LogP contribution in [-0.4, -0.2) is 23.8 Å². The lowest BCUT2D eigenvalue weighted by molar-refractivity contribution is -0.113. The first kappa shape index (κ1) is 13.3. The highest BCUT2D eigenvalue weighted by atomic mass is 16.1. The molecule has 1 heterocycles. The van der Waals surface area contributed by atoms with Gasteiger partial charge in [0.2, 0.25) is 0 Å². The average molecular weight is 245 g/mol. The van der Waals surface area contributed by atoms with Crippen LogP contribution in [0.5, 0.6) is 0 Å². The summed E-state index contributed by atoms with van der Waals surface area (Å²) in [6, 6.07) is 4.60. The molecule has 0 aliphatic carbocycles. The molecule has 0 radical (unpaired) electrons. The van der Waals surface area contributed by atoms with E-state index in [0.29, 0.717) is 0 Å². The minimum Gasteiger partial charge on any atom is -0.302 e. The van der Waals surface area contributed by atoms with Crippen molar-refractivity contribution in [1.82, 2.24) is 4.90 Å². The summed E-state index contributed by atoms with van der Waals surface area (Å²) in [6.07, 6.45) is 4.55. The van der Waals surface area contributed by atoms with E-state index in [4.69, 9.17) is 0 Å². The van der Waals surface area contributed by atoms with Gasteiger partial charge in [-0.3, -0.25) is 4.90 Å². The van der Waals surface area contributed by atoms with Gasteiger partial charge in [0.05, 0.1) is 6.04 Å². The summed E-state index contributed by atoms with van der Waals surface area (Å²) in [5.41, 5.74) is 5.42. The molecule has 0 bridgehead atoms. The van der Waals surface area contributed by atoms with Gasteiger partial charge in [0.25, 0.3) is 0 Å². The second-order valence-corrected chi connectivity index (χ2v) is 5.55. The van der Waals surface area contributed by atoms with E-state index in [1.165, 1.54) is 35.1 Å². The first-order valence-electron chi connectivity index (χ1n) is 6.88. The van der Waals surface area contributed by atoms with Crippen LogP contribution in [0.4, 0.5) is 0 Å². The van der Waals surface area contributed by atoms with Crippen LogP contribution in [0.2, 0.25) is 0 Å². The first-order chi connectivity index (χ1) is 8.61. The third kappa shape index (κ3) is 2.81. The highest BCUT2D eigenvalue weighted by Gasteiger charge is 2.22. The number of aldehydes is 1. The monoisotopic (exact) mass is 245 g/mol. The van der Waals surface area contributed by atoms with E-state index in [1.54, 1.807) is 0 Å². The summed E-state index contributed by atoms with van der Waals surface area (Å²) in [4.78, 5) is 13.5. The molecule has 1 fully saturated rings. The van der Waals surface area contributed by atoms with E-state index in [2.05, 4.69) is 37.8 Å². The summed E-state index contributed by atoms with van der Waals surface area (Å²) in [5, 5.41) is 0. The third-order valence-electron chi connectivity index (χ3n) is 4.02. The van der Waals surface area contributed by atoms with Crippen molar-refractivity contribution < 1.29 is 4.79 Å². The fraction of sp³-hybridized carbons (Fsp3) is 0.562. The minimum atomic E-state index is 0.124. The van der Waals surface area contributed by atoms with Crippen LogP contribution >= 0.6 is 0 Å². The molecule has 1 unspecified atom stereocenters. The van der Waals surface area contributed by atoms with E-state index < -0.39 is 0 Å². The Balaban J connectivity index is 2.20. The van der Waals surface area contributed by atoms with Gasteiger partial charge >= 0.3 is 0 Å². The SMILES string of the molecule is Cc1cc(C)c(CN2CCCCC2C=O)c(C)c1. The smallest absolute Gasteiger partial charge is 0.137 e. The summed E-state index contributed by atoms with van der Waals surface area (Å²) < 4.78 is 0. The number of piperidine rings is 1. The number of aryl methyl sites for hydroxylation is 3. The van der Waals surface area contributed by atoms with Crippen molar-refractivity contribution in [1.29, 1.82) is 0 Å². The molecule has 0 aromatic heterocycles. The predicted molar refractivity (Wildman–Crippen MR) is 74.8 cm³/mol. The molecule has 18 heavy (non-hydrogen) atoms. The maximum Gasteiger partial charge on any atom is 0.137 e. The van der Waals surface area contributed by atoms with Crippen molar-refractivity contribution >= 4 is 6.29 Å². The molecule has 1 saturated heterocycles. The van der Waals surface area contributed by atoms with Crippen molar-refractivity contribution in [3.05, 3.63) is 34.4 Å². The van der Waals surface area contributed by atoms with Gasteiger partial charge in [-0.25, -0.2) is 0 Å². The van der Waals surface area contributed by atoms with Crippen LogP contribution < -0.4 is 0 Å². The lowest BCUT2D eigenvalue weighted by Crippen LogP contribution is -2.40. The zero-order valence-electron chi connectivity index (χ0n) is 11.7. The maximum absolute atomic E-state index is 11.1. The number of carbonyl (C=O) groups is 1. The van der Waals surface area contributed by atoms with Crippen LogP contribution in [0.3, 0.4) is 0 Å². The molecule has 0 amide bonds. The van der Waals surface area contributed by atoms with Crippen LogP contribution in [-0.2, 0) is 11.3 Å². The van der Waals surface area contributed by atoms with Crippen molar-refractivity contribution in [2.45, 2.75) is 52.6 Å². The fourth-order valence-electron chi connectivity index (χ4n) is 3.03. The number of nitrogens with zero attached hydrogens (tertiary/aromatic N) is 1. The number of benzene rings is 1. The lowest BCUT2D eigenvalue weighted by Gasteiger charge is -2.33. The Hall–Kier alpha value is -1.15. The van der Waals surface area contributed by atoms with Gasteiger partial charge in [0.1, 0.15) is 6.29 Å². The van der Waals surface area contributed by atoms with Crippen molar-refractivity contribution in [3.63, 3.8) is 0 Å². The fourth-order valence-corrected chi connectivity index (χ4v) is 3.03. The Morgan fingerprint density at radius 3 is 2.50 bits per heavy atom. The predicted octanol–water partition coefficient (Wildman–Crippen LogP) is 3.17. The summed E-state index contributed by atoms with van der Waals surface area (Å²) in [6.45, 7) is 8.46. The van der Waals surface area contributed by atoms with Crippen molar-refractivity contribution in [2.75, 3.05) is 6.54 Å². The molecule has 1 aromatic rings. The van der Waals surface area contributed by atoms with Crippen molar-refractivity contribution in [3.8, 4) is 0 Å². The number of hydrogen-bond acceptors (Lipinski definition) is 2. The van der Waals surface area contributed by atoms with Crippen LogP contribution in [0.25, 0.3) is 0 Å². The minimum absolute atomic E-state index is 0.124. The van der Waals surface area contributed by atoms with E-state index in [1.807, 2.05) is 0 Å². The summed E-state index contributed by atoms with van der Waals surface area (Å²) >= 11 is 0. The Morgan fingerprint density at radius 2 is 1.89 bits per heavy atom. The standard InChI is InChI=1S/C16H23NO/c1-12-8-13(2)16(14(3)9-12)10-17-7-5-4-6-15(17)11-18/h8-9,11,15H,4-7,10H2,1-3H3. The van der Waals surface area contributed by atoms with Gasteiger partial charge < -0.3 is 4.79 Å². The first-order valence-corrected chi connectivity index (χ1v) is 6.88. The van der Waals surface area contributed by atoms with E-state index in [-0.39, 0.29) is 6.04 Å². The van der Waals surface area contributed by atoms with Gasteiger partial charge in [0, 0.05) is 6.54 Å². The van der Waals surface area contributed by atoms with E-state index >= 15 is 0 Å². The van der Waals surface area contributed by atoms with Gasteiger partial charge in [-0.05, 0) is 56.8 Å². The molecule has 1 aliphatic heterocycles. The van der Waals surface area contributed by atoms with Crippen molar-refractivity contribution in [2.24, 2.45) is 0 Å². The molecule has 1 aliphatic rings. The topological polar surface area (TPSA) is 20.3 Å². The number of hydrogen-bond donors (Lipinski definition) is 0. The summed E-state index contributed by atoms with van der Waals surface area (Å²) in [7, 11) is 0. The molecule has 0 N–H and O–H groups in total. The molecule has 2 heteroatoms. The van der Waals surface area contributed by atoms with Crippen LogP contribution in [0, 0.1) is 20.8 Å². The van der Waals surface area contributed by atoms with Crippen LogP contribution in [0.15, 0.2) is 12.1 Å². The molecular formula is C16H23NO. The highest BCUT2D eigenvalue weighted by molar-refractivity contribution is 5.57. The van der Waals surface area contributed by atoms with E-state index in [9.17, 15) is 4.79 Å². The van der Waals surface area contributed by atoms with E-state index in [0.717, 1.165) is 25.8 Å². The lowest BCUT2D eigenvalue weighted by atomic mass is 9.97. The number of carbonyl (C=O) groups excluding carboxylic acids is 1. The van der Waals surface area contributed by atoms with Gasteiger partial charge in [0.15, 0.2) is 0 Å². The zero-order valence-corrected chi connectivity index (χ0v) is 11.7. The largest absolute Gasteiger partial charge is 0.302 e. The quantitative estimate of drug-likeness (QED) is 0.762. The Labute approximate surface area is 110 Å². The Bertz CT molecular complexity index is 416. The molecular weight excluding hydrogens is 222 g/mol. The van der Waals surface area contributed by atoms with Gasteiger partial charge in [-0.1, -0.05) is 24.1 Å². The van der Waals surface area contributed by atoms with Gasteiger partial charge in [-0.15, -0.1) is 0 Å².